The molecular formula is C10H10O8S. The summed E-state index contributed by atoms with van der Waals surface area (Å²) in [5.74, 6) is -2.94. The summed E-state index contributed by atoms with van der Waals surface area (Å²) >= 11 is 0. The minimum Gasteiger partial charge on any atom is -0.493 e. The van der Waals surface area contributed by atoms with Crippen molar-refractivity contribution in [3.05, 3.63) is 23.8 Å². The highest BCUT2D eigenvalue weighted by molar-refractivity contribution is 7.81. The van der Waals surface area contributed by atoms with Gasteiger partial charge in [0.15, 0.2) is 11.5 Å². The molecule has 0 aliphatic carbocycles. The largest absolute Gasteiger partial charge is 0.493 e. The first-order valence-corrected chi connectivity index (χ1v) is 6.19. The Kier molecular flexibility index (Phi) is 4.46. The van der Waals surface area contributed by atoms with Crippen LogP contribution in [0.3, 0.4) is 0 Å². The third-order valence-electron chi connectivity index (χ3n) is 2.03. The summed E-state index contributed by atoms with van der Waals surface area (Å²) < 4.78 is 38.7. The van der Waals surface area contributed by atoms with Crippen LogP contribution in [0.15, 0.2) is 18.2 Å². The molecule has 0 aromatic heterocycles. The van der Waals surface area contributed by atoms with Crippen molar-refractivity contribution in [1.29, 1.82) is 0 Å². The highest BCUT2D eigenvalue weighted by atomic mass is 32.3. The van der Waals surface area contributed by atoms with Crippen LogP contribution >= 0.6 is 0 Å². The van der Waals surface area contributed by atoms with E-state index in [1.807, 2.05) is 0 Å². The third kappa shape index (κ3) is 4.56. The molecule has 19 heavy (non-hydrogen) atoms. The standard InChI is InChI=1S/C10H10O8S/c1-17-9-5-6(4-7(11)10(12)13)2-3-8(9)18-19(14,15)16/h2-3,5H,4H2,1H3,(H,12,13)(H,14,15,16). The van der Waals surface area contributed by atoms with Gasteiger partial charge in [0.05, 0.1) is 7.11 Å². The molecule has 0 atom stereocenters. The minimum absolute atomic E-state index is 0.0617. The lowest BCUT2D eigenvalue weighted by molar-refractivity contribution is -0.148. The molecule has 0 aliphatic heterocycles. The van der Waals surface area contributed by atoms with Crippen molar-refractivity contribution in [1.82, 2.24) is 0 Å². The summed E-state index contributed by atoms with van der Waals surface area (Å²) in [5, 5.41) is 8.46. The summed E-state index contributed by atoms with van der Waals surface area (Å²) in [7, 11) is -3.48. The van der Waals surface area contributed by atoms with Gasteiger partial charge in [-0.05, 0) is 17.7 Å². The van der Waals surface area contributed by atoms with Crippen molar-refractivity contribution in [2.75, 3.05) is 7.11 Å². The summed E-state index contributed by atoms with van der Waals surface area (Å²) in [6.45, 7) is 0. The maximum absolute atomic E-state index is 11.0. The summed E-state index contributed by atoms with van der Waals surface area (Å²) in [6.07, 6.45) is -0.377. The van der Waals surface area contributed by atoms with Gasteiger partial charge in [-0.1, -0.05) is 6.07 Å². The van der Waals surface area contributed by atoms with Gasteiger partial charge in [-0.25, -0.2) is 4.79 Å². The number of hydrogen-bond acceptors (Lipinski definition) is 6. The second-order valence-electron chi connectivity index (χ2n) is 3.40. The van der Waals surface area contributed by atoms with Crippen molar-refractivity contribution in [2.45, 2.75) is 6.42 Å². The van der Waals surface area contributed by atoms with Crippen molar-refractivity contribution < 1.29 is 36.6 Å². The zero-order valence-corrected chi connectivity index (χ0v) is 10.5. The molecule has 0 unspecified atom stereocenters. The maximum atomic E-state index is 11.0. The summed E-state index contributed by atoms with van der Waals surface area (Å²) in [4.78, 5) is 21.4. The number of methoxy groups -OCH3 is 1. The average molecular weight is 290 g/mol. The van der Waals surface area contributed by atoms with Gasteiger partial charge in [-0.15, -0.1) is 0 Å². The number of Topliss-reactive ketones (excluding diaryl/α,β-unsaturated/α-hetero) is 1. The zero-order valence-electron chi connectivity index (χ0n) is 9.69. The summed E-state index contributed by atoms with van der Waals surface area (Å²) in [5.41, 5.74) is 0.298. The van der Waals surface area contributed by atoms with Gasteiger partial charge in [-0.2, -0.15) is 8.42 Å². The number of carbonyl (C=O) groups excluding carboxylic acids is 1. The molecule has 0 saturated carbocycles. The first-order chi connectivity index (χ1) is 8.73. The van der Waals surface area contributed by atoms with Crippen LogP contribution < -0.4 is 8.92 Å². The van der Waals surface area contributed by atoms with E-state index in [1.54, 1.807) is 0 Å². The van der Waals surface area contributed by atoms with Crippen LogP contribution in [0.5, 0.6) is 11.5 Å². The van der Waals surface area contributed by atoms with Crippen molar-refractivity contribution in [3.63, 3.8) is 0 Å². The predicted molar refractivity (Wildman–Crippen MR) is 61.5 cm³/mol. The lowest BCUT2D eigenvalue weighted by Gasteiger charge is -2.09. The Morgan fingerprint density at radius 3 is 2.37 bits per heavy atom. The van der Waals surface area contributed by atoms with Gasteiger partial charge >= 0.3 is 16.4 Å². The van der Waals surface area contributed by atoms with Crippen molar-refractivity contribution >= 4 is 22.2 Å². The van der Waals surface area contributed by atoms with E-state index in [1.165, 1.54) is 19.2 Å². The molecule has 0 saturated heterocycles. The first-order valence-electron chi connectivity index (χ1n) is 4.83. The van der Waals surface area contributed by atoms with E-state index < -0.39 is 22.2 Å². The van der Waals surface area contributed by atoms with Gasteiger partial charge < -0.3 is 14.0 Å². The molecule has 1 rings (SSSR count). The fourth-order valence-corrected chi connectivity index (χ4v) is 1.63. The molecule has 0 bridgehead atoms. The molecule has 1 aromatic rings. The van der Waals surface area contributed by atoms with Crippen molar-refractivity contribution in [2.24, 2.45) is 0 Å². The van der Waals surface area contributed by atoms with Gasteiger partial charge in [0, 0.05) is 6.42 Å². The number of benzene rings is 1. The molecule has 1 aromatic carbocycles. The predicted octanol–water partition coefficient (Wildman–Crippen LogP) is 0.0730. The van der Waals surface area contributed by atoms with E-state index in [0.717, 1.165) is 6.07 Å². The van der Waals surface area contributed by atoms with E-state index >= 15 is 0 Å². The molecule has 0 amide bonds. The summed E-state index contributed by atoms with van der Waals surface area (Å²) in [6, 6.07) is 3.66. The molecule has 104 valence electrons. The Bertz CT molecular complexity index is 604. The number of hydrogen-bond donors (Lipinski definition) is 2. The Balaban J connectivity index is 3.02. The van der Waals surface area contributed by atoms with Crippen LogP contribution in [0.2, 0.25) is 0 Å². The van der Waals surface area contributed by atoms with Gasteiger partial charge in [-0.3, -0.25) is 9.35 Å². The second kappa shape index (κ2) is 5.67. The van der Waals surface area contributed by atoms with E-state index in [2.05, 4.69) is 4.18 Å². The SMILES string of the molecule is COc1cc(CC(=O)C(=O)O)ccc1OS(=O)(=O)O. The highest BCUT2D eigenvalue weighted by Gasteiger charge is 2.16. The van der Waals surface area contributed by atoms with Crippen LogP contribution in [-0.4, -0.2) is 36.9 Å². The highest BCUT2D eigenvalue weighted by Crippen LogP contribution is 2.29. The Morgan fingerprint density at radius 1 is 1.26 bits per heavy atom. The topological polar surface area (TPSA) is 127 Å². The lowest BCUT2D eigenvalue weighted by Crippen LogP contribution is -2.15. The lowest BCUT2D eigenvalue weighted by atomic mass is 10.1. The molecule has 0 fully saturated rings. The zero-order chi connectivity index (χ0) is 14.6. The number of ketones is 1. The van der Waals surface area contributed by atoms with E-state index in [-0.39, 0.29) is 17.9 Å². The van der Waals surface area contributed by atoms with E-state index in [0.29, 0.717) is 5.56 Å². The number of ether oxygens (including phenoxy) is 1. The van der Waals surface area contributed by atoms with Gasteiger partial charge in [0.25, 0.3) is 0 Å². The molecule has 2 N–H and O–H groups in total. The fourth-order valence-electron chi connectivity index (χ4n) is 1.27. The van der Waals surface area contributed by atoms with Crippen LogP contribution in [0.1, 0.15) is 5.56 Å². The first kappa shape index (κ1) is 14.9. The maximum Gasteiger partial charge on any atom is 0.446 e. The van der Waals surface area contributed by atoms with Crippen molar-refractivity contribution in [3.8, 4) is 11.5 Å². The smallest absolute Gasteiger partial charge is 0.446 e. The van der Waals surface area contributed by atoms with Crippen LogP contribution in [0.25, 0.3) is 0 Å². The molecule has 0 aliphatic rings. The third-order valence-corrected chi connectivity index (χ3v) is 2.42. The normalized spacial score (nSPS) is 10.8. The number of carboxylic acids is 1. The van der Waals surface area contributed by atoms with Crippen LogP contribution in [0.4, 0.5) is 0 Å². The minimum atomic E-state index is -4.70. The number of carboxylic acid groups (broad SMARTS) is 1. The molecular weight excluding hydrogens is 280 g/mol. The number of rotatable bonds is 6. The van der Waals surface area contributed by atoms with Gasteiger partial charge in [0.1, 0.15) is 0 Å². The molecule has 0 heterocycles. The Labute approximate surface area is 108 Å². The van der Waals surface area contributed by atoms with Crippen LogP contribution in [0, 0.1) is 0 Å². The molecule has 0 spiro atoms. The number of carbonyl (C=O) groups is 2. The van der Waals surface area contributed by atoms with E-state index in [9.17, 15) is 18.0 Å². The molecule has 9 heteroatoms. The second-order valence-corrected chi connectivity index (χ2v) is 4.42. The Morgan fingerprint density at radius 2 is 1.89 bits per heavy atom. The fraction of sp³-hybridized carbons (Fsp3) is 0.200. The Hall–Kier alpha value is -2.13. The number of aliphatic carboxylic acids is 1. The average Bonchev–Trinajstić information content (AvgIpc) is 2.29. The quantitative estimate of drug-likeness (QED) is 0.556. The molecule has 8 nitrogen and oxygen atoms in total. The van der Waals surface area contributed by atoms with Gasteiger partial charge in [0.2, 0.25) is 5.78 Å². The molecule has 0 radical (unpaired) electrons. The van der Waals surface area contributed by atoms with Crippen LogP contribution in [-0.2, 0) is 26.4 Å². The monoisotopic (exact) mass is 290 g/mol. The van der Waals surface area contributed by atoms with E-state index in [4.69, 9.17) is 14.4 Å².